The molecule has 1 aromatic heterocycles. The van der Waals surface area contributed by atoms with E-state index >= 15 is 0 Å². The fourth-order valence-electron chi connectivity index (χ4n) is 3.64. The maximum atomic E-state index is 13.7. The van der Waals surface area contributed by atoms with E-state index < -0.39 is 18.0 Å². The van der Waals surface area contributed by atoms with Gasteiger partial charge in [-0.2, -0.15) is 13.2 Å². The van der Waals surface area contributed by atoms with Gasteiger partial charge < -0.3 is 19.5 Å². The van der Waals surface area contributed by atoms with E-state index in [1.807, 2.05) is 4.90 Å². The van der Waals surface area contributed by atoms with Gasteiger partial charge in [0.25, 0.3) is 5.88 Å². The van der Waals surface area contributed by atoms with Gasteiger partial charge in [-0.1, -0.05) is 0 Å². The number of ether oxygens (including phenoxy) is 2. The topological polar surface area (TPSA) is 89.0 Å². The van der Waals surface area contributed by atoms with Crippen molar-refractivity contribution in [1.82, 2.24) is 9.88 Å². The number of fused-ring (bicyclic) bond motifs is 1. The van der Waals surface area contributed by atoms with Crippen molar-refractivity contribution in [3.63, 3.8) is 0 Å². The average Bonchev–Trinajstić information content (AvgIpc) is 3.41. The first-order valence-corrected chi connectivity index (χ1v) is 9.65. The molecule has 0 unspecified atom stereocenters. The Bertz CT molecular complexity index is 772. The maximum Gasteiger partial charge on any atom is 0.490 e. The molecule has 2 aliphatic carbocycles. The maximum absolute atomic E-state index is 13.7. The lowest BCUT2D eigenvalue weighted by atomic mass is 10.1. The monoisotopic (exact) mass is 434 g/mol. The van der Waals surface area contributed by atoms with Crippen molar-refractivity contribution in [2.45, 2.75) is 56.5 Å². The lowest BCUT2D eigenvalue weighted by Crippen LogP contribution is -2.54. The lowest BCUT2D eigenvalue weighted by molar-refractivity contribution is -0.192. The summed E-state index contributed by atoms with van der Waals surface area (Å²) in [4.78, 5) is 27.3. The Morgan fingerprint density at radius 1 is 1.27 bits per heavy atom. The van der Waals surface area contributed by atoms with Crippen molar-refractivity contribution < 1.29 is 41.7 Å². The van der Waals surface area contributed by atoms with E-state index in [9.17, 15) is 22.4 Å². The molecule has 4 rings (SSSR count). The van der Waals surface area contributed by atoms with Crippen molar-refractivity contribution >= 4 is 11.9 Å². The minimum absolute atomic E-state index is 0.0168. The summed E-state index contributed by atoms with van der Waals surface area (Å²) in [6, 6.07) is 2.92. The molecule has 166 valence electrons. The number of carboxylic acids is 1. The minimum Gasteiger partial charge on any atom is -0.475 e. The van der Waals surface area contributed by atoms with Crippen molar-refractivity contribution in [1.29, 1.82) is 0 Å². The van der Waals surface area contributed by atoms with Crippen LogP contribution in [0.15, 0.2) is 18.3 Å². The summed E-state index contributed by atoms with van der Waals surface area (Å²) in [6.07, 6.45) is 0.582. The van der Waals surface area contributed by atoms with Gasteiger partial charge in [-0.25, -0.2) is 14.2 Å². The number of nitrogens with zero attached hydrogens (tertiary/aromatic N) is 2. The van der Waals surface area contributed by atoms with Gasteiger partial charge in [0.15, 0.2) is 5.82 Å². The Morgan fingerprint density at radius 3 is 2.57 bits per heavy atom. The van der Waals surface area contributed by atoms with Crippen LogP contribution in [-0.2, 0) is 14.3 Å². The van der Waals surface area contributed by atoms with Crippen LogP contribution in [0.5, 0.6) is 5.88 Å². The van der Waals surface area contributed by atoms with Gasteiger partial charge >= 0.3 is 12.1 Å². The Balaban J connectivity index is 0.000000318. The van der Waals surface area contributed by atoms with Gasteiger partial charge in [0, 0.05) is 19.2 Å². The minimum atomic E-state index is -5.08. The quantitative estimate of drug-likeness (QED) is 0.734. The SMILES string of the molecule is O=C(CC1CC1)N1CCO[C@H]2[C@@H](Oc3ncccc3F)CC[C@@H]21.O=C(O)C(F)(F)F. The number of aliphatic carboxylic acids is 1. The molecule has 1 aromatic rings. The number of carbonyl (C=O) groups is 2. The molecule has 1 saturated heterocycles. The fourth-order valence-corrected chi connectivity index (χ4v) is 3.64. The first-order chi connectivity index (χ1) is 14.2. The van der Waals surface area contributed by atoms with Crippen LogP contribution in [0.3, 0.4) is 0 Å². The van der Waals surface area contributed by atoms with E-state index in [0.717, 1.165) is 12.8 Å². The van der Waals surface area contributed by atoms with Crippen molar-refractivity contribution in [3.8, 4) is 5.88 Å². The number of hydrogen-bond donors (Lipinski definition) is 1. The highest BCUT2D eigenvalue weighted by Crippen LogP contribution is 2.36. The normalized spacial score (nSPS) is 25.7. The van der Waals surface area contributed by atoms with E-state index in [4.69, 9.17) is 19.4 Å². The van der Waals surface area contributed by atoms with Gasteiger partial charge in [0.2, 0.25) is 5.91 Å². The number of morpholine rings is 1. The van der Waals surface area contributed by atoms with Crippen LogP contribution in [0.25, 0.3) is 0 Å². The molecule has 2 heterocycles. The number of amides is 1. The number of pyridine rings is 1. The standard InChI is InChI=1S/C17H21FN2O3.C2HF3O2/c18-12-2-1-7-19-17(12)23-14-6-5-13-16(14)22-9-8-20(13)15(21)10-11-3-4-11;3-2(4,5)1(6)7/h1-2,7,11,13-14,16H,3-6,8-10H2;(H,6,7)/t13-,14-,16+;/m0./s1. The largest absolute Gasteiger partial charge is 0.490 e. The predicted molar refractivity (Wildman–Crippen MR) is 94.1 cm³/mol. The first-order valence-electron chi connectivity index (χ1n) is 9.65. The number of carbonyl (C=O) groups excluding carboxylic acids is 1. The molecule has 3 aliphatic rings. The molecule has 30 heavy (non-hydrogen) atoms. The van der Waals surface area contributed by atoms with Crippen LogP contribution in [0, 0.1) is 11.7 Å². The predicted octanol–water partition coefficient (Wildman–Crippen LogP) is 2.79. The van der Waals surface area contributed by atoms with E-state index in [1.165, 1.54) is 31.2 Å². The molecule has 3 fully saturated rings. The van der Waals surface area contributed by atoms with Crippen molar-refractivity contribution in [3.05, 3.63) is 24.1 Å². The Hall–Kier alpha value is -2.43. The van der Waals surface area contributed by atoms with Gasteiger partial charge in [-0.3, -0.25) is 4.79 Å². The highest BCUT2D eigenvalue weighted by Gasteiger charge is 2.46. The zero-order chi connectivity index (χ0) is 21.9. The van der Waals surface area contributed by atoms with E-state index in [2.05, 4.69) is 4.98 Å². The second-order valence-corrected chi connectivity index (χ2v) is 7.46. The molecular weight excluding hydrogens is 412 g/mol. The molecule has 0 bridgehead atoms. The Kier molecular flexibility index (Phi) is 6.79. The van der Waals surface area contributed by atoms with Crippen molar-refractivity contribution in [2.24, 2.45) is 5.92 Å². The van der Waals surface area contributed by atoms with E-state index in [1.54, 1.807) is 0 Å². The molecule has 1 amide bonds. The molecule has 7 nitrogen and oxygen atoms in total. The number of hydrogen-bond acceptors (Lipinski definition) is 5. The highest BCUT2D eigenvalue weighted by molar-refractivity contribution is 5.77. The van der Waals surface area contributed by atoms with E-state index in [-0.39, 0.29) is 30.0 Å². The number of rotatable bonds is 4. The lowest BCUT2D eigenvalue weighted by Gasteiger charge is -2.39. The number of aromatic nitrogens is 1. The van der Waals surface area contributed by atoms with Crippen LogP contribution >= 0.6 is 0 Å². The second-order valence-electron chi connectivity index (χ2n) is 7.46. The molecular formula is C19H22F4N2O5. The molecule has 1 aliphatic heterocycles. The molecule has 0 radical (unpaired) electrons. The van der Waals surface area contributed by atoms with Gasteiger partial charge in [-0.05, 0) is 43.7 Å². The average molecular weight is 434 g/mol. The highest BCUT2D eigenvalue weighted by atomic mass is 19.4. The number of halogens is 4. The van der Waals surface area contributed by atoms with Crippen LogP contribution < -0.4 is 4.74 Å². The summed E-state index contributed by atoms with van der Waals surface area (Å²) in [5.74, 6) is -2.39. The summed E-state index contributed by atoms with van der Waals surface area (Å²) in [6.45, 7) is 1.17. The summed E-state index contributed by atoms with van der Waals surface area (Å²) in [7, 11) is 0. The third-order valence-corrected chi connectivity index (χ3v) is 5.25. The van der Waals surface area contributed by atoms with Crippen LogP contribution in [0.2, 0.25) is 0 Å². The van der Waals surface area contributed by atoms with Crippen LogP contribution in [0.4, 0.5) is 17.6 Å². The molecule has 11 heteroatoms. The third kappa shape index (κ3) is 5.59. The zero-order valence-corrected chi connectivity index (χ0v) is 16.0. The summed E-state index contributed by atoms with van der Waals surface area (Å²) in [5, 5.41) is 7.12. The number of carboxylic acid groups (broad SMARTS) is 1. The Labute approximate surface area is 170 Å². The summed E-state index contributed by atoms with van der Waals surface area (Å²) in [5.41, 5.74) is 0. The first kappa shape index (κ1) is 22.3. The number of alkyl halides is 3. The summed E-state index contributed by atoms with van der Waals surface area (Å²) >= 11 is 0. The van der Waals surface area contributed by atoms with Gasteiger partial charge in [0.05, 0.1) is 12.6 Å². The smallest absolute Gasteiger partial charge is 0.475 e. The van der Waals surface area contributed by atoms with Crippen molar-refractivity contribution in [2.75, 3.05) is 13.2 Å². The Morgan fingerprint density at radius 2 is 1.97 bits per heavy atom. The molecule has 1 N–H and O–H groups in total. The van der Waals surface area contributed by atoms with Crippen LogP contribution in [0.1, 0.15) is 32.1 Å². The molecule has 0 aromatic carbocycles. The second kappa shape index (κ2) is 9.15. The summed E-state index contributed by atoms with van der Waals surface area (Å²) < 4.78 is 57.1. The van der Waals surface area contributed by atoms with Gasteiger partial charge in [-0.15, -0.1) is 0 Å². The zero-order valence-electron chi connectivity index (χ0n) is 16.0. The van der Waals surface area contributed by atoms with Crippen LogP contribution in [-0.4, -0.2) is 64.4 Å². The molecule has 2 saturated carbocycles. The third-order valence-electron chi connectivity index (χ3n) is 5.25. The molecule has 3 atom stereocenters. The fraction of sp³-hybridized carbons (Fsp3) is 0.632. The van der Waals surface area contributed by atoms with E-state index in [0.29, 0.717) is 25.5 Å². The van der Waals surface area contributed by atoms with Gasteiger partial charge in [0.1, 0.15) is 12.2 Å². The molecule has 0 spiro atoms.